The minimum Gasteiger partial charge on any atom is -0.480 e. The second kappa shape index (κ2) is 12.1. The van der Waals surface area contributed by atoms with Crippen LogP contribution in [0.3, 0.4) is 0 Å². The van der Waals surface area contributed by atoms with E-state index in [-0.39, 0.29) is 28.8 Å². The predicted molar refractivity (Wildman–Crippen MR) is 140 cm³/mol. The molecule has 0 saturated heterocycles. The van der Waals surface area contributed by atoms with Gasteiger partial charge < -0.3 is 15.7 Å². The van der Waals surface area contributed by atoms with Gasteiger partial charge in [0.1, 0.15) is 6.04 Å². The third-order valence-corrected chi connectivity index (χ3v) is 6.02. The highest BCUT2D eigenvalue weighted by Crippen LogP contribution is 2.24. The van der Waals surface area contributed by atoms with Crippen molar-refractivity contribution in [1.82, 2.24) is 15.1 Å². The van der Waals surface area contributed by atoms with Gasteiger partial charge in [-0.25, -0.2) is 9.48 Å². The van der Waals surface area contributed by atoms with Gasteiger partial charge in [0.2, 0.25) is 0 Å². The number of aliphatic carboxylic acids is 1. The fourth-order valence-electron chi connectivity index (χ4n) is 3.75. The van der Waals surface area contributed by atoms with Gasteiger partial charge in [-0.3, -0.25) is 9.59 Å². The summed E-state index contributed by atoms with van der Waals surface area (Å²) in [5.74, 6) is -1.99. The molecule has 3 aromatic rings. The zero-order chi connectivity index (χ0) is 26.4. The molecule has 36 heavy (non-hydrogen) atoms. The second-order valence-corrected chi connectivity index (χ2v) is 9.63. The Morgan fingerprint density at radius 2 is 1.72 bits per heavy atom. The maximum atomic E-state index is 13.1. The summed E-state index contributed by atoms with van der Waals surface area (Å²) in [6.45, 7) is 5.76. The Balaban J connectivity index is 1.78. The number of carboxylic acids is 1. The Bertz CT molecular complexity index is 1260. The van der Waals surface area contributed by atoms with Crippen LogP contribution in [-0.4, -0.2) is 38.7 Å². The molecule has 0 fully saturated rings. The first-order chi connectivity index (χ1) is 17.1. The minimum absolute atomic E-state index is 0.0844. The Hall–Kier alpha value is -3.36. The van der Waals surface area contributed by atoms with Crippen molar-refractivity contribution in [2.24, 2.45) is 5.92 Å². The van der Waals surface area contributed by atoms with Crippen molar-refractivity contribution in [3.8, 4) is 5.69 Å². The summed E-state index contributed by atoms with van der Waals surface area (Å²) in [5.41, 5.74) is 2.47. The summed E-state index contributed by atoms with van der Waals surface area (Å²) in [5, 5.41) is 19.8. The van der Waals surface area contributed by atoms with Crippen LogP contribution in [-0.2, 0) is 11.2 Å². The quantitative estimate of drug-likeness (QED) is 0.315. The summed E-state index contributed by atoms with van der Waals surface area (Å²) >= 11 is 12.3. The van der Waals surface area contributed by atoms with Gasteiger partial charge in [-0.2, -0.15) is 5.10 Å². The molecule has 3 rings (SSSR count). The van der Waals surface area contributed by atoms with Crippen LogP contribution in [0.4, 0.5) is 5.69 Å². The summed E-state index contributed by atoms with van der Waals surface area (Å²) in [4.78, 5) is 37.2. The lowest BCUT2D eigenvalue weighted by Gasteiger charge is -2.17. The molecule has 8 nitrogen and oxygen atoms in total. The fraction of sp³-hybridized carbons (Fsp3) is 0.308. The minimum atomic E-state index is -1.11. The van der Waals surface area contributed by atoms with Gasteiger partial charge in [-0.1, -0.05) is 50.4 Å². The lowest BCUT2D eigenvalue weighted by atomic mass is 10.0. The number of carbonyl (C=O) groups is 3. The maximum absolute atomic E-state index is 13.1. The molecule has 1 unspecified atom stereocenters. The first kappa shape index (κ1) is 27.2. The number of carbonyl (C=O) groups excluding carboxylic acids is 2. The number of rotatable bonds is 10. The third kappa shape index (κ3) is 6.65. The van der Waals surface area contributed by atoms with Crippen LogP contribution in [0.2, 0.25) is 10.0 Å². The molecule has 2 amide bonds. The van der Waals surface area contributed by atoms with E-state index in [1.807, 2.05) is 32.9 Å². The van der Waals surface area contributed by atoms with Gasteiger partial charge in [-0.15, -0.1) is 0 Å². The lowest BCUT2D eigenvalue weighted by molar-refractivity contribution is -0.139. The molecule has 3 N–H and O–H groups in total. The number of nitrogens with one attached hydrogen (secondary N) is 2. The highest BCUT2D eigenvalue weighted by molar-refractivity contribution is 6.34. The Morgan fingerprint density at radius 1 is 1.03 bits per heavy atom. The number of amides is 2. The predicted octanol–water partition coefficient (Wildman–Crippen LogP) is 5.61. The summed E-state index contributed by atoms with van der Waals surface area (Å²) in [6, 6.07) is 10.6. The molecule has 0 aliphatic heterocycles. The van der Waals surface area contributed by atoms with E-state index in [1.54, 1.807) is 22.9 Å². The van der Waals surface area contributed by atoms with E-state index >= 15 is 0 Å². The Morgan fingerprint density at radius 3 is 2.31 bits per heavy atom. The van der Waals surface area contributed by atoms with E-state index in [0.29, 0.717) is 22.7 Å². The molecule has 190 valence electrons. The molecule has 1 heterocycles. The molecule has 10 heteroatoms. The van der Waals surface area contributed by atoms with Crippen molar-refractivity contribution in [1.29, 1.82) is 0 Å². The largest absolute Gasteiger partial charge is 0.480 e. The average Bonchev–Trinajstić information content (AvgIpc) is 3.22. The number of halogens is 2. The number of benzene rings is 2. The monoisotopic (exact) mass is 530 g/mol. The van der Waals surface area contributed by atoms with E-state index in [0.717, 1.165) is 17.8 Å². The normalized spacial score (nSPS) is 11.8. The number of hydrogen-bond acceptors (Lipinski definition) is 4. The van der Waals surface area contributed by atoms with Crippen molar-refractivity contribution < 1.29 is 19.5 Å². The molecular weight excluding hydrogens is 503 g/mol. The van der Waals surface area contributed by atoms with E-state index < -0.39 is 17.9 Å². The number of aromatic nitrogens is 2. The standard InChI is InChI=1S/C26H28Cl2N4O4/c1-4-5-23-20(14-29-32(23)18-9-6-16(27)7-10-18)25(34)30-17-8-11-19(21(28)13-17)24(33)31-22(26(35)36)12-15(2)3/h6-11,13-15,22H,4-5,12H2,1-3H3,(H,30,34)(H,31,33)(H,35,36). The van der Waals surface area contributed by atoms with Crippen LogP contribution in [0.5, 0.6) is 0 Å². The summed E-state index contributed by atoms with van der Waals surface area (Å²) < 4.78 is 1.71. The molecule has 1 aromatic heterocycles. The first-order valence-corrected chi connectivity index (χ1v) is 12.3. The number of anilines is 1. The Labute approximate surface area is 219 Å². The molecule has 0 aliphatic carbocycles. The van der Waals surface area contributed by atoms with Crippen molar-refractivity contribution >= 4 is 46.7 Å². The van der Waals surface area contributed by atoms with Crippen LogP contribution in [0.1, 0.15) is 60.0 Å². The molecule has 0 aliphatic rings. The fourth-order valence-corrected chi connectivity index (χ4v) is 4.14. The molecule has 0 bridgehead atoms. The van der Waals surface area contributed by atoms with Crippen molar-refractivity contribution in [3.05, 3.63) is 75.5 Å². The number of nitrogens with zero attached hydrogens (tertiary/aromatic N) is 2. The average molecular weight is 531 g/mol. The Kier molecular flexibility index (Phi) is 9.12. The third-order valence-electron chi connectivity index (χ3n) is 5.45. The van der Waals surface area contributed by atoms with Crippen LogP contribution in [0.15, 0.2) is 48.7 Å². The van der Waals surface area contributed by atoms with Gasteiger partial charge in [0.15, 0.2) is 0 Å². The SMILES string of the molecule is CCCc1c(C(=O)Nc2ccc(C(=O)NC(CC(C)C)C(=O)O)c(Cl)c2)cnn1-c1ccc(Cl)cc1. The lowest BCUT2D eigenvalue weighted by Crippen LogP contribution is -2.41. The van der Waals surface area contributed by atoms with Crippen LogP contribution in [0.25, 0.3) is 5.69 Å². The van der Waals surface area contributed by atoms with Crippen molar-refractivity contribution in [2.45, 2.75) is 46.1 Å². The maximum Gasteiger partial charge on any atom is 0.326 e. The van der Waals surface area contributed by atoms with Crippen LogP contribution >= 0.6 is 23.2 Å². The highest BCUT2D eigenvalue weighted by atomic mass is 35.5. The zero-order valence-electron chi connectivity index (χ0n) is 20.2. The smallest absolute Gasteiger partial charge is 0.326 e. The molecule has 1 atom stereocenters. The molecule has 0 radical (unpaired) electrons. The molecule has 0 saturated carbocycles. The van der Waals surface area contributed by atoms with E-state index in [9.17, 15) is 19.5 Å². The van der Waals surface area contributed by atoms with E-state index in [2.05, 4.69) is 15.7 Å². The zero-order valence-corrected chi connectivity index (χ0v) is 21.7. The number of hydrogen-bond donors (Lipinski definition) is 3. The van der Waals surface area contributed by atoms with Crippen molar-refractivity contribution in [2.75, 3.05) is 5.32 Å². The van der Waals surface area contributed by atoms with Crippen LogP contribution < -0.4 is 10.6 Å². The second-order valence-electron chi connectivity index (χ2n) is 8.79. The van der Waals surface area contributed by atoms with Gasteiger partial charge in [0.05, 0.1) is 33.7 Å². The summed E-state index contributed by atoms with van der Waals surface area (Å²) in [7, 11) is 0. The van der Waals surface area contributed by atoms with Gasteiger partial charge in [0, 0.05) is 10.7 Å². The van der Waals surface area contributed by atoms with E-state index in [1.165, 1.54) is 18.3 Å². The topological polar surface area (TPSA) is 113 Å². The number of carboxylic acid groups (broad SMARTS) is 1. The van der Waals surface area contributed by atoms with Gasteiger partial charge >= 0.3 is 5.97 Å². The van der Waals surface area contributed by atoms with Crippen molar-refractivity contribution in [3.63, 3.8) is 0 Å². The van der Waals surface area contributed by atoms with E-state index in [4.69, 9.17) is 23.2 Å². The molecule has 0 spiro atoms. The van der Waals surface area contributed by atoms with Gasteiger partial charge in [0.25, 0.3) is 11.8 Å². The summed E-state index contributed by atoms with van der Waals surface area (Å²) in [6.07, 6.45) is 3.24. The van der Waals surface area contributed by atoms with Gasteiger partial charge in [-0.05, 0) is 61.2 Å². The highest BCUT2D eigenvalue weighted by Gasteiger charge is 2.23. The first-order valence-electron chi connectivity index (χ1n) is 11.6. The van der Waals surface area contributed by atoms with Crippen LogP contribution in [0, 0.1) is 5.92 Å². The molecule has 2 aromatic carbocycles. The molecular formula is C26H28Cl2N4O4.